The van der Waals surface area contributed by atoms with Gasteiger partial charge in [-0.15, -0.1) is 0 Å². The Balaban J connectivity index is 2.02. The van der Waals surface area contributed by atoms with Gasteiger partial charge in [-0.25, -0.2) is 9.97 Å². The molecule has 0 atom stereocenters. The fraction of sp³-hybridized carbons (Fsp3) is 0.176. The van der Waals surface area contributed by atoms with Gasteiger partial charge in [0.2, 0.25) is 0 Å². The van der Waals surface area contributed by atoms with Crippen LogP contribution >= 0.6 is 11.8 Å². The molecule has 21 heavy (non-hydrogen) atoms. The zero-order valence-electron chi connectivity index (χ0n) is 11.9. The molecule has 0 amide bonds. The lowest BCUT2D eigenvalue weighted by Gasteiger charge is -2.09. The second-order valence-corrected chi connectivity index (χ2v) is 6.23. The minimum Gasteiger partial charge on any atom is -0.507 e. The zero-order valence-corrected chi connectivity index (χ0v) is 12.8. The van der Waals surface area contributed by atoms with Crippen molar-refractivity contribution in [1.29, 1.82) is 0 Å². The van der Waals surface area contributed by atoms with E-state index in [1.54, 1.807) is 24.2 Å². The van der Waals surface area contributed by atoms with Gasteiger partial charge >= 0.3 is 0 Å². The molecule has 4 heteroatoms. The van der Waals surface area contributed by atoms with Gasteiger partial charge in [-0.05, 0) is 29.5 Å². The number of phenolic OH excluding ortho intramolecular Hbond substituents is 1. The molecule has 3 aromatic rings. The third-order valence-corrected chi connectivity index (χ3v) is 4.34. The number of aromatic nitrogens is 2. The Morgan fingerprint density at radius 3 is 2.52 bits per heavy atom. The van der Waals surface area contributed by atoms with Crippen LogP contribution in [0.2, 0.25) is 0 Å². The summed E-state index contributed by atoms with van der Waals surface area (Å²) in [6, 6.07) is 13.5. The average molecular weight is 296 g/mol. The van der Waals surface area contributed by atoms with Crippen molar-refractivity contribution in [2.75, 3.05) is 0 Å². The van der Waals surface area contributed by atoms with Crippen LogP contribution in [0.5, 0.6) is 5.75 Å². The molecule has 1 heterocycles. The number of hydrogen-bond acceptors (Lipinski definition) is 4. The van der Waals surface area contributed by atoms with Crippen LogP contribution in [0, 0.1) is 0 Å². The van der Waals surface area contributed by atoms with Gasteiger partial charge in [-0.1, -0.05) is 49.9 Å². The Morgan fingerprint density at radius 1 is 1.00 bits per heavy atom. The summed E-state index contributed by atoms with van der Waals surface area (Å²) in [5.74, 6) is 0.685. The van der Waals surface area contributed by atoms with E-state index < -0.39 is 0 Å². The first-order valence-electron chi connectivity index (χ1n) is 6.85. The highest BCUT2D eigenvalue weighted by Gasteiger charge is 2.09. The van der Waals surface area contributed by atoms with Crippen molar-refractivity contribution in [2.24, 2.45) is 0 Å². The molecule has 0 saturated heterocycles. The second kappa shape index (κ2) is 5.74. The number of aromatic hydroxyl groups is 1. The van der Waals surface area contributed by atoms with Gasteiger partial charge in [-0.2, -0.15) is 0 Å². The van der Waals surface area contributed by atoms with Crippen LogP contribution in [0.1, 0.15) is 25.5 Å². The summed E-state index contributed by atoms with van der Waals surface area (Å²) in [5, 5.41) is 12.8. The number of benzene rings is 2. The van der Waals surface area contributed by atoms with Crippen LogP contribution in [-0.4, -0.2) is 15.1 Å². The van der Waals surface area contributed by atoms with Crippen LogP contribution in [0.3, 0.4) is 0 Å². The lowest BCUT2D eigenvalue weighted by atomic mass is 10.1. The minimum absolute atomic E-state index is 0.306. The zero-order chi connectivity index (χ0) is 14.8. The van der Waals surface area contributed by atoms with Gasteiger partial charge in [0.25, 0.3) is 0 Å². The maximum Gasteiger partial charge on any atom is 0.123 e. The Kier molecular flexibility index (Phi) is 3.80. The summed E-state index contributed by atoms with van der Waals surface area (Å²) in [4.78, 5) is 9.71. The van der Waals surface area contributed by atoms with Crippen LogP contribution in [-0.2, 0) is 0 Å². The molecule has 0 unspecified atom stereocenters. The molecule has 0 aliphatic rings. The van der Waals surface area contributed by atoms with Crippen molar-refractivity contribution in [3.8, 4) is 5.75 Å². The largest absolute Gasteiger partial charge is 0.507 e. The Bertz CT molecular complexity index is 787. The van der Waals surface area contributed by atoms with E-state index >= 15 is 0 Å². The standard InChI is InChI=1S/C17H16N2OS/c1-11(2)14-9-17(19-10-18-14)21-16-8-7-15(20)12-5-3-4-6-13(12)16/h3-11,20H,1-2H3. The molecule has 2 aromatic carbocycles. The molecule has 1 N–H and O–H groups in total. The summed E-state index contributed by atoms with van der Waals surface area (Å²) in [5.41, 5.74) is 1.04. The third-order valence-electron chi connectivity index (χ3n) is 3.33. The Labute approximate surface area is 128 Å². The summed E-state index contributed by atoms with van der Waals surface area (Å²) in [7, 11) is 0. The molecule has 3 rings (SSSR count). The Hall–Kier alpha value is -2.07. The molecule has 0 fully saturated rings. The molecule has 106 valence electrons. The van der Waals surface area contributed by atoms with Gasteiger partial charge in [0.15, 0.2) is 0 Å². The molecular weight excluding hydrogens is 280 g/mol. The lowest BCUT2D eigenvalue weighted by molar-refractivity contribution is 0.481. The van der Waals surface area contributed by atoms with E-state index in [2.05, 4.69) is 23.8 Å². The maximum absolute atomic E-state index is 9.94. The third kappa shape index (κ3) is 2.85. The van der Waals surface area contributed by atoms with E-state index in [0.29, 0.717) is 11.7 Å². The van der Waals surface area contributed by atoms with E-state index in [9.17, 15) is 5.11 Å². The number of phenols is 1. The summed E-state index contributed by atoms with van der Waals surface area (Å²) in [6.45, 7) is 4.24. The fourth-order valence-corrected chi connectivity index (χ4v) is 3.11. The quantitative estimate of drug-likeness (QED) is 0.717. The molecule has 0 radical (unpaired) electrons. The van der Waals surface area contributed by atoms with E-state index in [1.165, 1.54) is 0 Å². The highest BCUT2D eigenvalue weighted by atomic mass is 32.2. The first kappa shape index (κ1) is 13.9. The summed E-state index contributed by atoms with van der Waals surface area (Å²) >= 11 is 1.60. The van der Waals surface area contributed by atoms with Crippen molar-refractivity contribution >= 4 is 22.5 Å². The number of nitrogens with zero attached hydrogens (tertiary/aromatic N) is 2. The first-order valence-corrected chi connectivity index (χ1v) is 7.67. The first-order chi connectivity index (χ1) is 10.1. The molecule has 0 aliphatic carbocycles. The molecule has 0 aliphatic heterocycles. The highest BCUT2D eigenvalue weighted by Crippen LogP contribution is 2.36. The lowest BCUT2D eigenvalue weighted by Crippen LogP contribution is -1.94. The van der Waals surface area contributed by atoms with Gasteiger partial charge < -0.3 is 5.11 Å². The summed E-state index contributed by atoms with van der Waals surface area (Å²) in [6.07, 6.45) is 1.61. The van der Waals surface area contributed by atoms with Crippen molar-refractivity contribution in [1.82, 2.24) is 9.97 Å². The fourth-order valence-electron chi connectivity index (χ4n) is 2.18. The predicted octanol–water partition coefficient (Wildman–Crippen LogP) is 4.61. The van der Waals surface area contributed by atoms with Crippen LogP contribution < -0.4 is 0 Å². The minimum atomic E-state index is 0.306. The number of fused-ring (bicyclic) bond motifs is 1. The topological polar surface area (TPSA) is 46.0 Å². The van der Waals surface area contributed by atoms with Crippen LogP contribution in [0.15, 0.2) is 58.7 Å². The Morgan fingerprint density at radius 2 is 1.76 bits per heavy atom. The predicted molar refractivity (Wildman–Crippen MR) is 85.9 cm³/mol. The number of rotatable bonds is 3. The van der Waals surface area contributed by atoms with Crippen molar-refractivity contribution in [3.05, 3.63) is 54.5 Å². The van der Waals surface area contributed by atoms with Gasteiger partial charge in [0, 0.05) is 16.0 Å². The second-order valence-electron chi connectivity index (χ2n) is 5.17. The van der Waals surface area contributed by atoms with Gasteiger partial charge in [0.1, 0.15) is 17.1 Å². The molecule has 0 saturated carbocycles. The molecule has 0 bridgehead atoms. The number of hydrogen-bond donors (Lipinski definition) is 1. The van der Waals surface area contributed by atoms with Gasteiger partial charge in [-0.3, -0.25) is 0 Å². The van der Waals surface area contributed by atoms with Gasteiger partial charge in [0.05, 0.1) is 0 Å². The normalized spacial score (nSPS) is 11.2. The monoisotopic (exact) mass is 296 g/mol. The average Bonchev–Trinajstić information content (AvgIpc) is 2.51. The van der Waals surface area contributed by atoms with Crippen molar-refractivity contribution in [3.63, 3.8) is 0 Å². The maximum atomic E-state index is 9.94. The molecular formula is C17H16N2OS. The van der Waals surface area contributed by atoms with Crippen LogP contribution in [0.4, 0.5) is 0 Å². The SMILES string of the molecule is CC(C)c1cc(Sc2ccc(O)c3ccccc23)ncn1. The van der Waals surface area contributed by atoms with Crippen molar-refractivity contribution in [2.45, 2.75) is 29.7 Å². The van der Waals surface area contributed by atoms with Crippen molar-refractivity contribution < 1.29 is 5.11 Å². The van der Waals surface area contributed by atoms with E-state index in [0.717, 1.165) is 26.4 Å². The molecule has 3 nitrogen and oxygen atoms in total. The van der Waals surface area contributed by atoms with E-state index in [4.69, 9.17) is 0 Å². The van der Waals surface area contributed by atoms with E-state index in [-0.39, 0.29) is 0 Å². The molecule has 0 spiro atoms. The molecule has 1 aromatic heterocycles. The smallest absolute Gasteiger partial charge is 0.123 e. The van der Waals surface area contributed by atoms with E-state index in [1.807, 2.05) is 36.4 Å². The van der Waals surface area contributed by atoms with Crippen LogP contribution in [0.25, 0.3) is 10.8 Å². The summed E-state index contributed by atoms with van der Waals surface area (Å²) < 4.78 is 0. The highest BCUT2D eigenvalue weighted by molar-refractivity contribution is 7.99.